The van der Waals surface area contributed by atoms with E-state index in [1.807, 2.05) is 42.5 Å². The molecule has 0 bridgehead atoms. The Kier molecular flexibility index (Phi) is 5.69. The molecule has 126 valence electrons. The van der Waals surface area contributed by atoms with E-state index in [0.717, 1.165) is 16.8 Å². The molecule has 0 saturated heterocycles. The van der Waals surface area contributed by atoms with Gasteiger partial charge in [-0.3, -0.25) is 0 Å². The van der Waals surface area contributed by atoms with Crippen LogP contribution in [0.15, 0.2) is 78.9 Å². The van der Waals surface area contributed by atoms with Crippen LogP contribution in [-0.2, 0) is 0 Å². The van der Waals surface area contributed by atoms with Crippen LogP contribution < -0.4 is 10.6 Å². The maximum Gasteiger partial charge on any atom is 0.171 e. The predicted molar refractivity (Wildman–Crippen MR) is 110 cm³/mol. The summed E-state index contributed by atoms with van der Waals surface area (Å²) in [5, 5.41) is 7.77. The summed E-state index contributed by atoms with van der Waals surface area (Å²) in [5.74, 6) is 0. The van der Waals surface area contributed by atoms with Gasteiger partial charge in [-0.05, 0) is 42.4 Å². The van der Waals surface area contributed by atoms with Gasteiger partial charge in [0.1, 0.15) is 0 Å². The van der Waals surface area contributed by atoms with Gasteiger partial charge in [0, 0.05) is 0 Å². The van der Waals surface area contributed by atoms with Crippen LogP contribution in [0.5, 0.6) is 0 Å². The Morgan fingerprint density at radius 3 is 2.28 bits per heavy atom. The normalized spacial score (nSPS) is 11.6. The third-order valence-corrected chi connectivity index (χ3v) is 4.46. The number of anilines is 1. The van der Waals surface area contributed by atoms with Crippen LogP contribution in [0.25, 0.3) is 0 Å². The fraction of sp³-hybridized carbons (Fsp3) is 0.0952. The van der Waals surface area contributed by atoms with Crippen molar-refractivity contribution < 1.29 is 0 Å². The van der Waals surface area contributed by atoms with E-state index in [1.54, 1.807) is 0 Å². The molecule has 3 aromatic carbocycles. The fourth-order valence-corrected chi connectivity index (χ4v) is 3.12. The van der Waals surface area contributed by atoms with Gasteiger partial charge in [0.05, 0.1) is 16.8 Å². The summed E-state index contributed by atoms with van der Waals surface area (Å²) in [6.45, 7) is 2.09. The Morgan fingerprint density at radius 2 is 1.56 bits per heavy atom. The van der Waals surface area contributed by atoms with Crippen LogP contribution in [0, 0.1) is 6.92 Å². The van der Waals surface area contributed by atoms with E-state index < -0.39 is 0 Å². The average molecular weight is 367 g/mol. The van der Waals surface area contributed by atoms with E-state index >= 15 is 0 Å². The Bertz CT molecular complexity index is 865. The molecule has 2 N–H and O–H groups in total. The van der Waals surface area contributed by atoms with Crippen molar-refractivity contribution >= 4 is 34.6 Å². The van der Waals surface area contributed by atoms with Crippen LogP contribution in [0.2, 0.25) is 5.02 Å². The zero-order chi connectivity index (χ0) is 17.6. The van der Waals surface area contributed by atoms with Crippen LogP contribution in [-0.4, -0.2) is 5.11 Å². The predicted octanol–water partition coefficient (Wildman–Crippen LogP) is 5.72. The third kappa shape index (κ3) is 4.59. The minimum absolute atomic E-state index is 0.0383. The highest BCUT2D eigenvalue weighted by molar-refractivity contribution is 7.80. The van der Waals surface area contributed by atoms with Crippen molar-refractivity contribution in [1.82, 2.24) is 5.32 Å². The quantitative estimate of drug-likeness (QED) is 0.577. The number of benzene rings is 3. The lowest BCUT2D eigenvalue weighted by Gasteiger charge is -2.22. The summed E-state index contributed by atoms with van der Waals surface area (Å²) in [6.07, 6.45) is 0. The molecule has 0 aliphatic carbocycles. The summed E-state index contributed by atoms with van der Waals surface area (Å²) in [4.78, 5) is 0. The second kappa shape index (κ2) is 8.15. The number of halogens is 1. The van der Waals surface area contributed by atoms with Crippen LogP contribution in [0.3, 0.4) is 0 Å². The van der Waals surface area contributed by atoms with Gasteiger partial charge in [0.15, 0.2) is 5.11 Å². The molecule has 3 aromatic rings. The van der Waals surface area contributed by atoms with Gasteiger partial charge in [-0.15, -0.1) is 0 Å². The van der Waals surface area contributed by atoms with Crippen molar-refractivity contribution in [2.45, 2.75) is 13.0 Å². The third-order valence-electron chi connectivity index (χ3n) is 3.91. The van der Waals surface area contributed by atoms with Gasteiger partial charge in [-0.25, -0.2) is 0 Å². The zero-order valence-electron chi connectivity index (χ0n) is 13.9. The number of hydrogen-bond donors (Lipinski definition) is 2. The molecule has 0 spiro atoms. The molecule has 4 heteroatoms. The van der Waals surface area contributed by atoms with Gasteiger partial charge >= 0.3 is 0 Å². The van der Waals surface area contributed by atoms with Gasteiger partial charge < -0.3 is 10.6 Å². The van der Waals surface area contributed by atoms with Crippen LogP contribution >= 0.6 is 23.8 Å². The Hall–Kier alpha value is -2.36. The van der Waals surface area contributed by atoms with Crippen molar-refractivity contribution in [2.75, 3.05) is 5.32 Å². The number of rotatable bonds is 4. The number of hydrogen-bond acceptors (Lipinski definition) is 1. The van der Waals surface area contributed by atoms with Crippen molar-refractivity contribution in [1.29, 1.82) is 0 Å². The summed E-state index contributed by atoms with van der Waals surface area (Å²) in [7, 11) is 0. The minimum Gasteiger partial charge on any atom is -0.352 e. The molecule has 0 aliphatic rings. The lowest BCUT2D eigenvalue weighted by Crippen LogP contribution is -2.33. The van der Waals surface area contributed by atoms with Gasteiger partial charge in [-0.2, -0.15) is 0 Å². The second-order valence-corrected chi connectivity index (χ2v) is 6.65. The summed E-state index contributed by atoms with van der Waals surface area (Å²) in [5.41, 5.74) is 4.31. The lowest BCUT2D eigenvalue weighted by atomic mass is 9.97. The molecule has 1 unspecified atom stereocenters. The summed E-state index contributed by atoms with van der Waals surface area (Å²) in [6, 6.07) is 26.2. The van der Waals surface area contributed by atoms with E-state index in [0.29, 0.717) is 10.1 Å². The second-order valence-electron chi connectivity index (χ2n) is 5.84. The van der Waals surface area contributed by atoms with Gasteiger partial charge in [0.2, 0.25) is 0 Å². The van der Waals surface area contributed by atoms with Crippen LogP contribution in [0.1, 0.15) is 22.7 Å². The molecule has 2 nitrogen and oxygen atoms in total. The standard InChI is InChI=1S/C21H19ClN2S/c1-15-8-7-11-17(14-15)20(16-9-3-2-4-10-16)24-21(25)23-19-13-6-5-12-18(19)22/h2-14,20H,1H3,(H2,23,24,25). The molecular formula is C21H19ClN2S. The Balaban J connectivity index is 1.85. The van der Waals surface area contributed by atoms with E-state index in [2.05, 4.69) is 54.0 Å². The first-order valence-electron chi connectivity index (χ1n) is 8.07. The Morgan fingerprint density at radius 1 is 0.880 bits per heavy atom. The maximum atomic E-state index is 6.21. The van der Waals surface area contributed by atoms with E-state index in [4.69, 9.17) is 23.8 Å². The SMILES string of the molecule is Cc1cccc(C(NC(=S)Nc2ccccc2Cl)c2ccccc2)c1. The largest absolute Gasteiger partial charge is 0.352 e. The molecule has 0 amide bonds. The molecule has 0 saturated carbocycles. The molecular weight excluding hydrogens is 348 g/mol. The smallest absolute Gasteiger partial charge is 0.171 e. The molecule has 0 aliphatic heterocycles. The number of thiocarbonyl (C=S) groups is 1. The summed E-state index contributed by atoms with van der Waals surface area (Å²) >= 11 is 11.7. The topological polar surface area (TPSA) is 24.1 Å². The highest BCUT2D eigenvalue weighted by Gasteiger charge is 2.15. The molecule has 0 fully saturated rings. The maximum absolute atomic E-state index is 6.21. The van der Waals surface area contributed by atoms with Crippen LogP contribution in [0.4, 0.5) is 5.69 Å². The van der Waals surface area contributed by atoms with Gasteiger partial charge in [-0.1, -0.05) is 83.9 Å². The van der Waals surface area contributed by atoms with E-state index in [1.165, 1.54) is 5.56 Å². The highest BCUT2D eigenvalue weighted by Crippen LogP contribution is 2.24. The monoisotopic (exact) mass is 366 g/mol. The molecule has 0 heterocycles. The van der Waals surface area contributed by atoms with Crippen molar-refractivity contribution in [3.63, 3.8) is 0 Å². The molecule has 25 heavy (non-hydrogen) atoms. The van der Waals surface area contributed by atoms with Crippen molar-refractivity contribution in [3.8, 4) is 0 Å². The first-order chi connectivity index (χ1) is 12.1. The lowest BCUT2D eigenvalue weighted by molar-refractivity contribution is 0.768. The number of aryl methyl sites for hydroxylation is 1. The molecule has 0 radical (unpaired) electrons. The minimum atomic E-state index is -0.0383. The van der Waals surface area contributed by atoms with E-state index in [-0.39, 0.29) is 6.04 Å². The summed E-state index contributed by atoms with van der Waals surface area (Å²) < 4.78 is 0. The molecule has 1 atom stereocenters. The fourth-order valence-electron chi connectivity index (χ4n) is 2.71. The van der Waals surface area contributed by atoms with Crippen molar-refractivity contribution in [3.05, 3.63) is 101 Å². The molecule has 3 rings (SSSR count). The van der Waals surface area contributed by atoms with Gasteiger partial charge in [0.25, 0.3) is 0 Å². The average Bonchev–Trinajstić information content (AvgIpc) is 2.62. The Labute approximate surface area is 158 Å². The first kappa shape index (κ1) is 17.5. The number of para-hydroxylation sites is 1. The van der Waals surface area contributed by atoms with Crippen molar-refractivity contribution in [2.24, 2.45) is 0 Å². The molecule has 0 aromatic heterocycles. The zero-order valence-corrected chi connectivity index (χ0v) is 15.4. The first-order valence-corrected chi connectivity index (χ1v) is 8.85. The highest BCUT2D eigenvalue weighted by atomic mass is 35.5. The number of nitrogens with one attached hydrogen (secondary N) is 2. The van der Waals surface area contributed by atoms with E-state index in [9.17, 15) is 0 Å².